The van der Waals surface area contributed by atoms with Gasteiger partial charge in [-0.1, -0.05) is 60.7 Å². The van der Waals surface area contributed by atoms with Crippen molar-refractivity contribution < 1.29 is 24.2 Å². The topological polar surface area (TPSA) is 99.2 Å². The molecule has 3 amide bonds. The molecule has 0 aliphatic carbocycles. The van der Waals surface area contributed by atoms with Gasteiger partial charge in [-0.3, -0.25) is 24.6 Å². The van der Waals surface area contributed by atoms with E-state index in [-0.39, 0.29) is 31.4 Å². The first-order valence-corrected chi connectivity index (χ1v) is 14.4. The van der Waals surface area contributed by atoms with Gasteiger partial charge in [0.2, 0.25) is 11.8 Å². The Bertz CT molecular complexity index is 1360. The zero-order valence-electron chi connectivity index (χ0n) is 23.3. The first-order valence-electron chi connectivity index (χ1n) is 14.4. The van der Waals surface area contributed by atoms with E-state index >= 15 is 0 Å². The molecule has 2 aliphatic rings. The lowest BCUT2D eigenvalue weighted by atomic mass is 10.0. The normalized spacial score (nSPS) is 16.7. The standard InChI is InChI=1S/C33H37N3O5/c37-20-6-19-35(18-5-9-24-7-2-1-3-8-24)21-25-12-14-26(15-13-25)23-41-30-11-4-10-27-28(30)22-36(33(27)40)29-16-17-31(38)34-32(29)39/h1-4,7-8,10-15,29,37H,5-6,9,16-23H2,(H,34,38,39). The molecule has 8 heteroatoms. The summed E-state index contributed by atoms with van der Waals surface area (Å²) in [6.45, 7) is 3.46. The van der Waals surface area contributed by atoms with Crippen LogP contribution in [0.4, 0.5) is 0 Å². The van der Waals surface area contributed by atoms with Gasteiger partial charge in [0.1, 0.15) is 18.4 Å². The lowest BCUT2D eigenvalue weighted by Gasteiger charge is -2.29. The number of carbonyl (C=O) groups excluding carboxylic acids is 3. The third kappa shape index (κ3) is 7.20. The number of carbonyl (C=O) groups is 3. The van der Waals surface area contributed by atoms with E-state index in [0.717, 1.165) is 50.0 Å². The number of aliphatic hydroxyl groups excluding tert-OH is 1. The summed E-state index contributed by atoms with van der Waals surface area (Å²) in [6.07, 6.45) is 3.40. The molecule has 2 heterocycles. The summed E-state index contributed by atoms with van der Waals surface area (Å²) in [5.74, 6) is -0.301. The molecular formula is C33H37N3O5. The molecule has 5 rings (SSSR count). The van der Waals surface area contributed by atoms with Crippen LogP contribution in [0.5, 0.6) is 5.75 Å². The monoisotopic (exact) mass is 555 g/mol. The van der Waals surface area contributed by atoms with Gasteiger partial charge in [-0.05, 0) is 61.1 Å². The highest BCUT2D eigenvalue weighted by Crippen LogP contribution is 2.34. The van der Waals surface area contributed by atoms with E-state index in [1.54, 1.807) is 12.1 Å². The first kappa shape index (κ1) is 28.5. The molecule has 3 aromatic carbocycles. The van der Waals surface area contributed by atoms with Crippen molar-refractivity contribution in [3.63, 3.8) is 0 Å². The van der Waals surface area contributed by atoms with Crippen LogP contribution in [0.25, 0.3) is 0 Å². The fourth-order valence-corrected chi connectivity index (χ4v) is 5.57. The number of aryl methyl sites for hydroxylation is 1. The third-order valence-corrected chi connectivity index (χ3v) is 7.78. The number of rotatable bonds is 13. The summed E-state index contributed by atoms with van der Waals surface area (Å²) in [6, 6.07) is 23.6. The first-order chi connectivity index (χ1) is 20.0. The smallest absolute Gasteiger partial charge is 0.255 e. The van der Waals surface area contributed by atoms with E-state index in [2.05, 4.69) is 58.7 Å². The molecule has 2 aliphatic heterocycles. The van der Waals surface area contributed by atoms with Crippen molar-refractivity contribution in [2.24, 2.45) is 0 Å². The predicted octanol–water partition coefficient (Wildman–Crippen LogP) is 3.84. The lowest BCUT2D eigenvalue weighted by Crippen LogP contribution is -2.52. The van der Waals surface area contributed by atoms with Crippen LogP contribution in [-0.2, 0) is 35.7 Å². The summed E-state index contributed by atoms with van der Waals surface area (Å²) >= 11 is 0. The van der Waals surface area contributed by atoms with Gasteiger partial charge in [0.05, 0.1) is 6.54 Å². The van der Waals surface area contributed by atoms with E-state index in [9.17, 15) is 19.5 Å². The molecule has 2 N–H and O–H groups in total. The Balaban J connectivity index is 1.16. The summed E-state index contributed by atoms with van der Waals surface area (Å²) < 4.78 is 6.16. The van der Waals surface area contributed by atoms with Gasteiger partial charge in [-0.15, -0.1) is 0 Å². The van der Waals surface area contributed by atoms with Crippen LogP contribution in [0.1, 0.15) is 58.3 Å². The molecule has 0 saturated carbocycles. The van der Waals surface area contributed by atoms with Crippen molar-refractivity contribution in [2.75, 3.05) is 19.7 Å². The number of imide groups is 1. The van der Waals surface area contributed by atoms with Gasteiger partial charge < -0.3 is 14.7 Å². The fraction of sp³-hybridized carbons (Fsp3) is 0.364. The molecule has 1 unspecified atom stereocenters. The van der Waals surface area contributed by atoms with Crippen LogP contribution in [0.2, 0.25) is 0 Å². The van der Waals surface area contributed by atoms with Crippen LogP contribution in [-0.4, -0.2) is 58.4 Å². The summed E-state index contributed by atoms with van der Waals surface area (Å²) in [7, 11) is 0. The van der Waals surface area contributed by atoms with Crippen molar-refractivity contribution in [3.8, 4) is 5.75 Å². The highest BCUT2D eigenvalue weighted by molar-refractivity contribution is 6.05. The molecule has 1 fully saturated rings. The summed E-state index contributed by atoms with van der Waals surface area (Å²) in [5, 5.41) is 11.7. The largest absolute Gasteiger partial charge is 0.489 e. The van der Waals surface area contributed by atoms with Crippen molar-refractivity contribution >= 4 is 17.7 Å². The summed E-state index contributed by atoms with van der Waals surface area (Å²) in [4.78, 5) is 40.9. The second-order valence-corrected chi connectivity index (χ2v) is 10.7. The quantitative estimate of drug-likeness (QED) is 0.311. The number of nitrogens with zero attached hydrogens (tertiary/aromatic N) is 2. The van der Waals surface area contributed by atoms with Crippen LogP contribution >= 0.6 is 0 Å². The number of benzene rings is 3. The van der Waals surface area contributed by atoms with Gasteiger partial charge in [-0.2, -0.15) is 0 Å². The minimum atomic E-state index is -0.650. The molecule has 214 valence electrons. The second kappa shape index (κ2) is 13.6. The molecule has 8 nitrogen and oxygen atoms in total. The molecule has 0 radical (unpaired) electrons. The highest BCUT2D eigenvalue weighted by atomic mass is 16.5. The van der Waals surface area contributed by atoms with Crippen LogP contribution in [0.15, 0.2) is 72.8 Å². The van der Waals surface area contributed by atoms with Gasteiger partial charge >= 0.3 is 0 Å². The number of ether oxygens (including phenoxy) is 1. The Morgan fingerprint density at radius 1 is 0.878 bits per heavy atom. The highest BCUT2D eigenvalue weighted by Gasteiger charge is 2.40. The number of piperidine rings is 1. The van der Waals surface area contributed by atoms with Crippen molar-refractivity contribution in [1.29, 1.82) is 0 Å². The fourth-order valence-electron chi connectivity index (χ4n) is 5.57. The maximum Gasteiger partial charge on any atom is 0.255 e. The number of aliphatic hydroxyl groups is 1. The molecule has 1 atom stereocenters. The Labute approximate surface area is 240 Å². The van der Waals surface area contributed by atoms with E-state index in [1.807, 2.05) is 12.1 Å². The Morgan fingerprint density at radius 2 is 1.63 bits per heavy atom. The third-order valence-electron chi connectivity index (χ3n) is 7.78. The zero-order valence-corrected chi connectivity index (χ0v) is 23.3. The maximum atomic E-state index is 13.1. The molecule has 41 heavy (non-hydrogen) atoms. The molecular weight excluding hydrogens is 518 g/mol. The maximum absolute atomic E-state index is 13.1. The van der Waals surface area contributed by atoms with Crippen molar-refractivity contribution in [3.05, 3.63) is 101 Å². The summed E-state index contributed by atoms with van der Waals surface area (Å²) in [5.41, 5.74) is 4.88. The average molecular weight is 556 g/mol. The Hall–Kier alpha value is -4.01. The number of hydrogen-bond donors (Lipinski definition) is 2. The number of nitrogens with one attached hydrogen (secondary N) is 1. The van der Waals surface area contributed by atoms with Gasteiger partial charge in [-0.25, -0.2) is 0 Å². The number of fused-ring (bicyclic) bond motifs is 1. The van der Waals surface area contributed by atoms with Crippen molar-refractivity contribution in [2.45, 2.75) is 57.8 Å². The van der Waals surface area contributed by atoms with E-state index in [4.69, 9.17) is 4.74 Å². The van der Waals surface area contributed by atoms with Crippen LogP contribution < -0.4 is 10.1 Å². The van der Waals surface area contributed by atoms with E-state index in [1.165, 1.54) is 16.0 Å². The Morgan fingerprint density at radius 3 is 2.39 bits per heavy atom. The van der Waals surface area contributed by atoms with E-state index < -0.39 is 11.9 Å². The lowest BCUT2D eigenvalue weighted by molar-refractivity contribution is -0.136. The van der Waals surface area contributed by atoms with Crippen molar-refractivity contribution in [1.82, 2.24) is 15.1 Å². The molecule has 1 saturated heterocycles. The SMILES string of the molecule is O=C1CCC(N2Cc3c(OCc4ccc(CN(CCCO)CCCc5ccccc5)cc4)cccc3C2=O)C(=O)N1. The number of hydrogen-bond acceptors (Lipinski definition) is 6. The van der Waals surface area contributed by atoms with Gasteiger partial charge in [0.25, 0.3) is 5.91 Å². The predicted molar refractivity (Wildman–Crippen MR) is 155 cm³/mol. The minimum Gasteiger partial charge on any atom is -0.489 e. The molecule has 0 spiro atoms. The molecule has 0 aromatic heterocycles. The van der Waals surface area contributed by atoms with Crippen LogP contribution in [0, 0.1) is 0 Å². The molecule has 3 aromatic rings. The van der Waals surface area contributed by atoms with E-state index in [0.29, 0.717) is 24.3 Å². The second-order valence-electron chi connectivity index (χ2n) is 10.7. The number of amides is 3. The Kier molecular flexibility index (Phi) is 9.44. The van der Waals surface area contributed by atoms with Crippen LogP contribution in [0.3, 0.4) is 0 Å². The van der Waals surface area contributed by atoms with Gasteiger partial charge in [0, 0.05) is 37.2 Å². The minimum absolute atomic E-state index is 0.186. The zero-order chi connectivity index (χ0) is 28.6. The average Bonchev–Trinajstić information content (AvgIpc) is 3.32. The van der Waals surface area contributed by atoms with Gasteiger partial charge in [0.15, 0.2) is 0 Å². The molecule has 0 bridgehead atoms.